The number of anilines is 1. The van der Waals surface area contributed by atoms with Crippen LogP contribution in [-0.2, 0) is 0 Å². The minimum atomic E-state index is -0.166. The van der Waals surface area contributed by atoms with Crippen molar-refractivity contribution >= 4 is 33.7 Å². The molecule has 6 nitrogen and oxygen atoms in total. The molecule has 0 unspecified atom stereocenters. The standard InChI is InChI=1S/C18H20N4O2S2/c1-10-3-4-13(24-10)17-21-11(2)15(26-17)16(23)22-18-20-9-14(25-18)12-5-7-19-8-6-12/h3-4,9,12,19H,5-8H2,1-2H3,(H,20,22,23). The number of nitrogens with one attached hydrogen (secondary N) is 2. The summed E-state index contributed by atoms with van der Waals surface area (Å²) >= 11 is 2.91. The maximum absolute atomic E-state index is 12.7. The highest BCUT2D eigenvalue weighted by Crippen LogP contribution is 2.33. The zero-order chi connectivity index (χ0) is 18.1. The third-order valence-electron chi connectivity index (χ3n) is 4.44. The van der Waals surface area contributed by atoms with Gasteiger partial charge in [0.15, 0.2) is 15.9 Å². The van der Waals surface area contributed by atoms with Crippen molar-refractivity contribution in [2.45, 2.75) is 32.6 Å². The number of rotatable bonds is 4. The molecule has 1 fully saturated rings. The van der Waals surface area contributed by atoms with Crippen LogP contribution in [0.25, 0.3) is 10.8 Å². The van der Waals surface area contributed by atoms with E-state index < -0.39 is 0 Å². The van der Waals surface area contributed by atoms with Gasteiger partial charge in [-0.1, -0.05) is 0 Å². The first-order valence-corrected chi connectivity index (χ1v) is 10.3. The molecule has 0 bridgehead atoms. The number of carbonyl (C=O) groups excluding carboxylic acids is 1. The van der Waals surface area contributed by atoms with Crippen LogP contribution >= 0.6 is 22.7 Å². The Balaban J connectivity index is 1.48. The summed E-state index contributed by atoms with van der Waals surface area (Å²) in [6, 6.07) is 3.77. The van der Waals surface area contributed by atoms with Crippen LogP contribution < -0.4 is 10.6 Å². The van der Waals surface area contributed by atoms with E-state index in [9.17, 15) is 4.79 Å². The van der Waals surface area contributed by atoms with E-state index in [1.54, 1.807) is 11.3 Å². The van der Waals surface area contributed by atoms with E-state index in [4.69, 9.17) is 4.42 Å². The molecule has 0 spiro atoms. The number of nitrogens with zero attached hydrogens (tertiary/aromatic N) is 2. The molecule has 8 heteroatoms. The summed E-state index contributed by atoms with van der Waals surface area (Å²) in [4.78, 5) is 23.4. The third-order valence-corrected chi connectivity index (χ3v) is 6.69. The van der Waals surface area contributed by atoms with Gasteiger partial charge in [-0.15, -0.1) is 22.7 Å². The Morgan fingerprint density at radius 2 is 2.08 bits per heavy atom. The lowest BCUT2D eigenvalue weighted by molar-refractivity contribution is 0.103. The minimum absolute atomic E-state index is 0.166. The molecular weight excluding hydrogens is 368 g/mol. The molecule has 4 heterocycles. The van der Waals surface area contributed by atoms with Gasteiger partial charge in [-0.25, -0.2) is 9.97 Å². The van der Waals surface area contributed by atoms with Crippen LogP contribution in [0.3, 0.4) is 0 Å². The second-order valence-corrected chi connectivity index (χ2v) is 8.45. The Morgan fingerprint density at radius 3 is 2.81 bits per heavy atom. The molecule has 26 heavy (non-hydrogen) atoms. The van der Waals surface area contributed by atoms with Gasteiger partial charge in [0, 0.05) is 11.1 Å². The Kier molecular flexibility index (Phi) is 4.88. The molecule has 3 aromatic heterocycles. The topological polar surface area (TPSA) is 80.0 Å². The lowest BCUT2D eigenvalue weighted by Gasteiger charge is -2.20. The van der Waals surface area contributed by atoms with Crippen molar-refractivity contribution in [1.82, 2.24) is 15.3 Å². The van der Waals surface area contributed by atoms with Crippen molar-refractivity contribution in [3.8, 4) is 10.8 Å². The molecule has 1 saturated heterocycles. The molecule has 0 aromatic carbocycles. The molecule has 0 atom stereocenters. The molecule has 1 amide bonds. The van der Waals surface area contributed by atoms with Crippen molar-refractivity contribution < 1.29 is 9.21 Å². The predicted octanol–water partition coefficient (Wildman–Crippen LogP) is 4.20. The predicted molar refractivity (Wildman–Crippen MR) is 104 cm³/mol. The smallest absolute Gasteiger partial charge is 0.269 e. The van der Waals surface area contributed by atoms with E-state index >= 15 is 0 Å². The van der Waals surface area contributed by atoms with Gasteiger partial charge in [-0.3, -0.25) is 10.1 Å². The molecule has 2 N–H and O–H groups in total. The molecule has 0 radical (unpaired) electrons. The number of aryl methyl sites for hydroxylation is 2. The normalized spacial score (nSPS) is 15.3. The first-order chi connectivity index (χ1) is 12.6. The SMILES string of the molecule is Cc1ccc(-c2nc(C)c(C(=O)Nc3ncc(C4CCNCC4)s3)s2)o1. The molecule has 1 aliphatic rings. The van der Waals surface area contributed by atoms with E-state index in [1.165, 1.54) is 16.2 Å². The Labute approximate surface area is 159 Å². The van der Waals surface area contributed by atoms with Crippen molar-refractivity contribution in [3.05, 3.63) is 39.5 Å². The number of hydrogen-bond acceptors (Lipinski definition) is 7. The number of hydrogen-bond donors (Lipinski definition) is 2. The fourth-order valence-electron chi connectivity index (χ4n) is 3.06. The van der Waals surface area contributed by atoms with Crippen molar-refractivity contribution in [2.75, 3.05) is 18.4 Å². The second-order valence-electron chi connectivity index (χ2n) is 6.39. The Bertz CT molecular complexity index is 921. The van der Waals surface area contributed by atoms with Crippen molar-refractivity contribution in [3.63, 3.8) is 0 Å². The second kappa shape index (κ2) is 7.30. The molecular formula is C18H20N4O2S2. The Morgan fingerprint density at radius 1 is 1.27 bits per heavy atom. The molecule has 0 saturated carbocycles. The summed E-state index contributed by atoms with van der Waals surface area (Å²) in [6.07, 6.45) is 4.14. The van der Waals surface area contributed by atoms with Gasteiger partial charge in [0.25, 0.3) is 5.91 Å². The third kappa shape index (κ3) is 3.58. The van der Waals surface area contributed by atoms with Crippen LogP contribution in [0.15, 0.2) is 22.7 Å². The van der Waals surface area contributed by atoms with E-state index in [0.717, 1.165) is 36.7 Å². The van der Waals surface area contributed by atoms with Gasteiger partial charge in [0.2, 0.25) is 0 Å². The summed E-state index contributed by atoms with van der Waals surface area (Å²) in [5, 5.41) is 7.65. The summed E-state index contributed by atoms with van der Waals surface area (Å²) in [5.74, 6) is 1.89. The number of furan rings is 1. The fourth-order valence-corrected chi connectivity index (χ4v) is 4.96. The zero-order valence-corrected chi connectivity index (χ0v) is 16.3. The maximum atomic E-state index is 12.7. The average Bonchev–Trinajstić information content (AvgIpc) is 3.36. The van der Waals surface area contributed by atoms with Crippen molar-refractivity contribution in [2.24, 2.45) is 0 Å². The van der Waals surface area contributed by atoms with Gasteiger partial charge >= 0.3 is 0 Å². The highest BCUT2D eigenvalue weighted by molar-refractivity contribution is 7.17. The van der Waals surface area contributed by atoms with Crippen LogP contribution in [0.1, 0.15) is 44.8 Å². The molecule has 0 aliphatic carbocycles. The Hall–Kier alpha value is -2.03. The lowest BCUT2D eigenvalue weighted by Crippen LogP contribution is -2.26. The van der Waals surface area contributed by atoms with Crippen LogP contribution in [0.2, 0.25) is 0 Å². The van der Waals surface area contributed by atoms with Crippen LogP contribution in [0.5, 0.6) is 0 Å². The van der Waals surface area contributed by atoms with E-state index in [0.29, 0.717) is 27.4 Å². The molecule has 4 rings (SSSR count). The number of piperidine rings is 1. The molecule has 136 valence electrons. The molecule has 3 aromatic rings. The van der Waals surface area contributed by atoms with E-state index in [1.807, 2.05) is 32.2 Å². The van der Waals surface area contributed by atoms with E-state index in [-0.39, 0.29) is 5.91 Å². The van der Waals surface area contributed by atoms with Crippen molar-refractivity contribution in [1.29, 1.82) is 0 Å². The summed E-state index contributed by atoms with van der Waals surface area (Å²) in [5.41, 5.74) is 0.701. The number of amides is 1. The van der Waals surface area contributed by atoms with E-state index in [2.05, 4.69) is 20.6 Å². The lowest BCUT2D eigenvalue weighted by atomic mass is 9.97. The van der Waals surface area contributed by atoms with Gasteiger partial charge in [0.1, 0.15) is 10.6 Å². The maximum Gasteiger partial charge on any atom is 0.269 e. The minimum Gasteiger partial charge on any atom is -0.459 e. The van der Waals surface area contributed by atoms with Gasteiger partial charge in [0.05, 0.1) is 5.69 Å². The largest absolute Gasteiger partial charge is 0.459 e. The monoisotopic (exact) mass is 388 g/mol. The average molecular weight is 389 g/mol. The molecule has 1 aliphatic heterocycles. The fraction of sp³-hybridized carbons (Fsp3) is 0.389. The highest BCUT2D eigenvalue weighted by atomic mass is 32.1. The zero-order valence-electron chi connectivity index (χ0n) is 14.7. The quantitative estimate of drug-likeness (QED) is 0.700. The highest BCUT2D eigenvalue weighted by Gasteiger charge is 2.21. The summed E-state index contributed by atoms with van der Waals surface area (Å²) < 4.78 is 5.61. The summed E-state index contributed by atoms with van der Waals surface area (Å²) in [7, 11) is 0. The number of thiazole rings is 2. The summed E-state index contributed by atoms with van der Waals surface area (Å²) in [6.45, 7) is 5.81. The first kappa shape index (κ1) is 17.4. The van der Waals surface area contributed by atoms with Crippen LogP contribution in [0.4, 0.5) is 5.13 Å². The number of carbonyl (C=O) groups is 1. The number of aromatic nitrogens is 2. The van der Waals surface area contributed by atoms with Gasteiger partial charge in [-0.2, -0.15) is 0 Å². The van der Waals surface area contributed by atoms with Crippen LogP contribution in [-0.4, -0.2) is 29.0 Å². The van der Waals surface area contributed by atoms with Gasteiger partial charge in [-0.05, 0) is 57.8 Å². The van der Waals surface area contributed by atoms with Crippen LogP contribution in [0, 0.1) is 13.8 Å². The van der Waals surface area contributed by atoms with Gasteiger partial charge < -0.3 is 9.73 Å². The first-order valence-electron chi connectivity index (χ1n) is 8.62.